The number of rotatable bonds is 9. The van der Waals surface area contributed by atoms with Gasteiger partial charge < -0.3 is 5.32 Å². The Bertz CT molecular complexity index is 311. The van der Waals surface area contributed by atoms with Crippen LogP contribution in [0.1, 0.15) is 64.1 Å². The van der Waals surface area contributed by atoms with Crippen LogP contribution in [-0.2, 0) is 0 Å². The number of unbranched alkanes of at least 4 members (excludes halogenated alkanes) is 4. The minimum Gasteiger partial charge on any atom is -0.309 e. The van der Waals surface area contributed by atoms with E-state index in [2.05, 4.69) is 52.2 Å². The van der Waals surface area contributed by atoms with Crippen molar-refractivity contribution >= 4 is 15.9 Å². The summed E-state index contributed by atoms with van der Waals surface area (Å²) in [7, 11) is 0. The van der Waals surface area contributed by atoms with Gasteiger partial charge in [0, 0.05) is 16.7 Å². The molecule has 0 amide bonds. The lowest BCUT2D eigenvalue weighted by Crippen LogP contribution is -2.21. The molecular weight excluding hydrogens is 288 g/mol. The first-order valence-corrected chi connectivity index (χ1v) is 7.92. The number of pyridine rings is 1. The summed E-state index contributed by atoms with van der Waals surface area (Å²) >= 11 is 3.43. The van der Waals surface area contributed by atoms with Gasteiger partial charge in [-0.1, -0.05) is 46.0 Å². The summed E-state index contributed by atoms with van der Waals surface area (Å²) in [6, 6.07) is 4.59. The molecule has 1 N–H and O–H groups in total. The van der Waals surface area contributed by atoms with Crippen LogP contribution in [-0.4, -0.2) is 11.5 Å². The maximum Gasteiger partial charge on any atom is 0.0574 e. The molecule has 0 aromatic carbocycles. The summed E-state index contributed by atoms with van der Waals surface area (Å²) in [6.07, 6.45) is 9.74. The van der Waals surface area contributed by atoms with E-state index in [-0.39, 0.29) is 0 Å². The highest BCUT2D eigenvalue weighted by Crippen LogP contribution is 2.20. The fourth-order valence-corrected chi connectivity index (χ4v) is 2.38. The Kier molecular flexibility index (Phi) is 8.27. The molecule has 0 radical (unpaired) electrons. The molecule has 0 aliphatic heterocycles. The number of nitrogens with one attached hydrogen (secondary N) is 1. The Morgan fingerprint density at radius 3 is 2.56 bits per heavy atom. The molecule has 3 heteroatoms. The van der Waals surface area contributed by atoms with Crippen molar-refractivity contribution in [3.8, 4) is 0 Å². The zero-order valence-corrected chi connectivity index (χ0v) is 13.2. The molecule has 2 nitrogen and oxygen atoms in total. The molecule has 1 aromatic rings. The predicted molar refractivity (Wildman–Crippen MR) is 81.7 cm³/mol. The van der Waals surface area contributed by atoms with E-state index in [1.54, 1.807) is 0 Å². The molecular formula is C15H25BrN2. The second-order valence-corrected chi connectivity index (χ2v) is 5.63. The maximum absolute atomic E-state index is 4.50. The Labute approximate surface area is 120 Å². The lowest BCUT2D eigenvalue weighted by atomic mass is 10.0. The second-order valence-electron chi connectivity index (χ2n) is 4.71. The summed E-state index contributed by atoms with van der Waals surface area (Å²) in [5.41, 5.74) is 1.16. The molecule has 0 aliphatic rings. The van der Waals surface area contributed by atoms with Gasteiger partial charge in [0.25, 0.3) is 0 Å². The van der Waals surface area contributed by atoms with Crippen LogP contribution >= 0.6 is 15.9 Å². The Morgan fingerprint density at radius 1 is 1.17 bits per heavy atom. The van der Waals surface area contributed by atoms with Gasteiger partial charge in [-0.15, -0.1) is 0 Å². The average molecular weight is 313 g/mol. The van der Waals surface area contributed by atoms with Crippen molar-refractivity contribution in [1.29, 1.82) is 0 Å². The molecule has 0 fully saturated rings. The fraction of sp³-hybridized carbons (Fsp3) is 0.667. The van der Waals surface area contributed by atoms with Crippen molar-refractivity contribution in [2.24, 2.45) is 0 Å². The summed E-state index contributed by atoms with van der Waals surface area (Å²) < 4.78 is 1.05. The number of nitrogens with zero attached hydrogens (tertiary/aromatic N) is 1. The van der Waals surface area contributed by atoms with E-state index in [0.717, 1.165) is 16.7 Å². The first kappa shape index (κ1) is 15.6. The standard InChI is InChI=1S/C15H25BrN2/c1-3-5-6-7-8-9-14(17-4-2)15-11-10-13(16)12-18-15/h10-12,14,17H,3-9H2,1-2H3. The molecule has 1 heterocycles. The molecule has 0 saturated carbocycles. The van der Waals surface area contributed by atoms with Gasteiger partial charge in [-0.2, -0.15) is 0 Å². The summed E-state index contributed by atoms with van der Waals surface area (Å²) in [6.45, 7) is 5.41. The van der Waals surface area contributed by atoms with E-state index in [4.69, 9.17) is 0 Å². The van der Waals surface area contributed by atoms with Crippen molar-refractivity contribution in [2.45, 2.75) is 58.4 Å². The maximum atomic E-state index is 4.50. The minimum absolute atomic E-state index is 0.407. The molecule has 18 heavy (non-hydrogen) atoms. The third-order valence-corrected chi connectivity index (χ3v) is 3.62. The zero-order valence-electron chi connectivity index (χ0n) is 11.6. The molecule has 1 rings (SSSR count). The first-order chi connectivity index (χ1) is 8.77. The summed E-state index contributed by atoms with van der Waals surface area (Å²) in [5, 5.41) is 3.53. The second kappa shape index (κ2) is 9.51. The van der Waals surface area contributed by atoms with E-state index in [1.165, 1.54) is 38.5 Å². The molecule has 0 saturated heterocycles. The van der Waals surface area contributed by atoms with E-state index >= 15 is 0 Å². The quantitative estimate of drug-likeness (QED) is 0.659. The predicted octanol–water partition coefficient (Wildman–Crippen LogP) is 4.86. The minimum atomic E-state index is 0.407. The van der Waals surface area contributed by atoms with Crippen molar-refractivity contribution < 1.29 is 0 Å². The van der Waals surface area contributed by atoms with Crippen LogP contribution in [0.15, 0.2) is 22.8 Å². The van der Waals surface area contributed by atoms with Crippen molar-refractivity contribution in [1.82, 2.24) is 10.3 Å². The fourth-order valence-electron chi connectivity index (χ4n) is 2.15. The molecule has 1 unspecified atom stereocenters. The monoisotopic (exact) mass is 312 g/mol. The van der Waals surface area contributed by atoms with Gasteiger partial charge in [-0.3, -0.25) is 4.98 Å². The highest BCUT2D eigenvalue weighted by molar-refractivity contribution is 9.10. The number of hydrogen-bond donors (Lipinski definition) is 1. The number of aromatic nitrogens is 1. The van der Waals surface area contributed by atoms with Crippen molar-refractivity contribution in [3.05, 3.63) is 28.5 Å². The van der Waals surface area contributed by atoms with Crippen molar-refractivity contribution in [2.75, 3.05) is 6.54 Å². The Morgan fingerprint density at radius 2 is 1.94 bits per heavy atom. The highest BCUT2D eigenvalue weighted by Gasteiger charge is 2.10. The Balaban J connectivity index is 2.41. The molecule has 0 bridgehead atoms. The van der Waals surface area contributed by atoms with Crippen molar-refractivity contribution in [3.63, 3.8) is 0 Å². The van der Waals surface area contributed by atoms with Crippen LogP contribution in [0.3, 0.4) is 0 Å². The molecule has 0 spiro atoms. The van der Waals surface area contributed by atoms with Gasteiger partial charge in [0.05, 0.1) is 5.69 Å². The van der Waals surface area contributed by atoms with E-state index in [9.17, 15) is 0 Å². The number of halogens is 1. The largest absolute Gasteiger partial charge is 0.309 e. The van der Waals surface area contributed by atoms with Crippen LogP contribution in [0.2, 0.25) is 0 Å². The Hall–Kier alpha value is -0.410. The van der Waals surface area contributed by atoms with Crippen LogP contribution in [0.4, 0.5) is 0 Å². The van der Waals surface area contributed by atoms with Crippen LogP contribution in [0, 0.1) is 0 Å². The SMILES string of the molecule is CCCCCCCC(NCC)c1ccc(Br)cn1. The molecule has 1 atom stereocenters. The van der Waals surface area contributed by atoms with Gasteiger partial charge in [0.15, 0.2) is 0 Å². The summed E-state index contributed by atoms with van der Waals surface area (Å²) in [5.74, 6) is 0. The van der Waals surface area contributed by atoms with Gasteiger partial charge >= 0.3 is 0 Å². The summed E-state index contributed by atoms with van der Waals surface area (Å²) in [4.78, 5) is 4.50. The molecule has 1 aromatic heterocycles. The van der Waals surface area contributed by atoms with Gasteiger partial charge in [0.2, 0.25) is 0 Å². The van der Waals surface area contributed by atoms with Crippen LogP contribution in [0.25, 0.3) is 0 Å². The zero-order chi connectivity index (χ0) is 13.2. The smallest absolute Gasteiger partial charge is 0.0574 e. The van der Waals surface area contributed by atoms with Gasteiger partial charge in [0.1, 0.15) is 0 Å². The highest BCUT2D eigenvalue weighted by atomic mass is 79.9. The lowest BCUT2D eigenvalue weighted by molar-refractivity contribution is 0.470. The van der Waals surface area contributed by atoms with Crippen LogP contribution < -0.4 is 5.32 Å². The average Bonchev–Trinajstić information content (AvgIpc) is 2.38. The van der Waals surface area contributed by atoms with Crippen LogP contribution in [0.5, 0.6) is 0 Å². The van der Waals surface area contributed by atoms with E-state index in [0.29, 0.717) is 6.04 Å². The lowest BCUT2D eigenvalue weighted by Gasteiger charge is -2.17. The van der Waals surface area contributed by atoms with Gasteiger partial charge in [-0.25, -0.2) is 0 Å². The third-order valence-electron chi connectivity index (χ3n) is 3.15. The van der Waals surface area contributed by atoms with Gasteiger partial charge in [-0.05, 0) is 41.0 Å². The molecule has 102 valence electrons. The van der Waals surface area contributed by atoms with E-state index in [1.807, 2.05) is 6.20 Å². The van der Waals surface area contributed by atoms with E-state index < -0.39 is 0 Å². The number of hydrogen-bond acceptors (Lipinski definition) is 2. The normalized spacial score (nSPS) is 12.6. The topological polar surface area (TPSA) is 24.9 Å². The first-order valence-electron chi connectivity index (χ1n) is 7.12. The third kappa shape index (κ3) is 5.96. The molecule has 0 aliphatic carbocycles.